The second-order valence-electron chi connectivity index (χ2n) is 4.26. The Kier molecular flexibility index (Phi) is 5.28. The lowest BCUT2D eigenvalue weighted by Crippen LogP contribution is -1.91. The van der Waals surface area contributed by atoms with Crippen molar-refractivity contribution in [3.8, 4) is 0 Å². The maximum atomic E-state index is 5.66. The fourth-order valence-electron chi connectivity index (χ4n) is 1.67. The summed E-state index contributed by atoms with van der Waals surface area (Å²) in [5.41, 5.74) is 10.6. The zero-order valence-electron chi connectivity index (χ0n) is 10.7. The summed E-state index contributed by atoms with van der Waals surface area (Å²) in [4.78, 5) is 0. The van der Waals surface area contributed by atoms with Crippen LogP contribution >= 0.6 is 0 Å². The first-order valence-corrected chi connectivity index (χ1v) is 5.94. The Morgan fingerprint density at radius 2 is 1.94 bits per heavy atom. The fraction of sp³-hybridized carbons (Fsp3) is 0.250. The molecule has 0 amide bonds. The van der Waals surface area contributed by atoms with E-state index in [0.717, 1.165) is 12.8 Å². The molecule has 0 aliphatic heterocycles. The first-order valence-electron chi connectivity index (χ1n) is 5.94. The van der Waals surface area contributed by atoms with Crippen LogP contribution in [-0.4, -0.2) is 0 Å². The van der Waals surface area contributed by atoms with Crippen molar-refractivity contribution in [2.45, 2.75) is 26.7 Å². The molecule has 0 bridgehead atoms. The van der Waals surface area contributed by atoms with Gasteiger partial charge in [-0.15, -0.1) is 6.58 Å². The minimum atomic E-state index is 0.953. The quantitative estimate of drug-likeness (QED) is 0.592. The highest BCUT2D eigenvalue weighted by Crippen LogP contribution is 2.18. The highest BCUT2D eigenvalue weighted by Gasteiger charge is 1.99. The summed E-state index contributed by atoms with van der Waals surface area (Å²) in [6, 6.07) is 8.49. The van der Waals surface area contributed by atoms with Crippen molar-refractivity contribution >= 4 is 6.08 Å². The van der Waals surface area contributed by atoms with E-state index in [0.29, 0.717) is 0 Å². The summed E-state index contributed by atoms with van der Waals surface area (Å²) in [6.45, 7) is 7.92. The molecule has 0 fully saturated rings. The third-order valence-electron chi connectivity index (χ3n) is 2.79. The van der Waals surface area contributed by atoms with Crippen LogP contribution in [0.1, 0.15) is 30.9 Å². The Bertz CT molecular complexity index is 421. The number of nitrogens with two attached hydrogens (primary N) is 1. The zero-order chi connectivity index (χ0) is 12.7. The molecule has 17 heavy (non-hydrogen) atoms. The van der Waals surface area contributed by atoms with E-state index in [9.17, 15) is 0 Å². The summed E-state index contributed by atoms with van der Waals surface area (Å²) in [5, 5.41) is 0. The van der Waals surface area contributed by atoms with E-state index in [1.807, 2.05) is 6.08 Å². The number of rotatable bonds is 5. The van der Waals surface area contributed by atoms with Crippen LogP contribution in [0.4, 0.5) is 0 Å². The van der Waals surface area contributed by atoms with Gasteiger partial charge < -0.3 is 5.73 Å². The first kappa shape index (κ1) is 13.3. The van der Waals surface area contributed by atoms with E-state index in [4.69, 9.17) is 5.73 Å². The van der Waals surface area contributed by atoms with E-state index >= 15 is 0 Å². The molecule has 0 heterocycles. The largest absolute Gasteiger partial charge is 0.404 e. The van der Waals surface area contributed by atoms with Gasteiger partial charge in [0.1, 0.15) is 0 Å². The van der Waals surface area contributed by atoms with E-state index in [1.165, 1.54) is 22.3 Å². The zero-order valence-corrected chi connectivity index (χ0v) is 10.7. The number of hydrogen-bond donors (Lipinski definition) is 1. The second-order valence-corrected chi connectivity index (χ2v) is 4.26. The van der Waals surface area contributed by atoms with Crippen molar-refractivity contribution in [3.63, 3.8) is 0 Å². The Balaban J connectivity index is 2.83. The summed E-state index contributed by atoms with van der Waals surface area (Å²) >= 11 is 0. The van der Waals surface area contributed by atoms with Crippen LogP contribution in [-0.2, 0) is 0 Å². The Morgan fingerprint density at radius 3 is 2.47 bits per heavy atom. The van der Waals surface area contributed by atoms with E-state index in [-0.39, 0.29) is 0 Å². The van der Waals surface area contributed by atoms with Gasteiger partial charge in [-0.1, -0.05) is 42.0 Å². The van der Waals surface area contributed by atoms with Gasteiger partial charge in [-0.3, -0.25) is 0 Å². The van der Waals surface area contributed by atoms with Gasteiger partial charge in [0.2, 0.25) is 0 Å². The number of benzene rings is 1. The predicted octanol–water partition coefficient (Wildman–Crippen LogP) is 4.21. The van der Waals surface area contributed by atoms with Crippen molar-refractivity contribution < 1.29 is 0 Å². The molecule has 0 aromatic heterocycles. The smallest absolute Gasteiger partial charge is 0.00269 e. The first-order chi connectivity index (χ1) is 8.17. The summed E-state index contributed by atoms with van der Waals surface area (Å²) in [5.74, 6) is 0. The average Bonchev–Trinajstić information content (AvgIpc) is 2.33. The summed E-state index contributed by atoms with van der Waals surface area (Å²) in [6.07, 6.45) is 7.70. The Labute approximate surface area is 104 Å². The normalized spacial score (nSPS) is 12.6. The molecule has 1 rings (SSSR count). The third-order valence-corrected chi connectivity index (χ3v) is 2.79. The molecular weight excluding hydrogens is 206 g/mol. The van der Waals surface area contributed by atoms with Gasteiger partial charge >= 0.3 is 0 Å². The summed E-state index contributed by atoms with van der Waals surface area (Å²) < 4.78 is 0. The Hall–Kier alpha value is -1.76. The van der Waals surface area contributed by atoms with Crippen molar-refractivity contribution in [2.24, 2.45) is 5.73 Å². The minimum Gasteiger partial charge on any atom is -0.404 e. The van der Waals surface area contributed by atoms with Gasteiger partial charge in [0.05, 0.1) is 0 Å². The highest BCUT2D eigenvalue weighted by molar-refractivity contribution is 5.57. The van der Waals surface area contributed by atoms with Gasteiger partial charge in [0.15, 0.2) is 0 Å². The van der Waals surface area contributed by atoms with Crippen molar-refractivity contribution in [1.29, 1.82) is 0 Å². The topological polar surface area (TPSA) is 26.0 Å². The van der Waals surface area contributed by atoms with Crippen molar-refractivity contribution in [2.75, 3.05) is 0 Å². The lowest BCUT2D eigenvalue weighted by atomic mass is 10.0. The second kappa shape index (κ2) is 6.74. The van der Waals surface area contributed by atoms with E-state index in [2.05, 4.69) is 50.8 Å². The van der Waals surface area contributed by atoms with Crippen LogP contribution < -0.4 is 5.73 Å². The van der Waals surface area contributed by atoms with Crippen molar-refractivity contribution in [1.82, 2.24) is 0 Å². The molecule has 90 valence electrons. The van der Waals surface area contributed by atoms with Crippen LogP contribution in [0, 0.1) is 6.92 Å². The highest BCUT2D eigenvalue weighted by atomic mass is 14.5. The molecule has 2 N–H and O–H groups in total. The monoisotopic (exact) mass is 227 g/mol. The van der Waals surface area contributed by atoms with Crippen LogP contribution in [0.3, 0.4) is 0 Å². The van der Waals surface area contributed by atoms with Gasteiger partial charge in [-0.25, -0.2) is 0 Å². The third kappa shape index (κ3) is 4.31. The Morgan fingerprint density at radius 1 is 1.29 bits per heavy atom. The van der Waals surface area contributed by atoms with E-state index in [1.54, 1.807) is 6.20 Å². The lowest BCUT2D eigenvalue weighted by Gasteiger charge is -2.06. The van der Waals surface area contributed by atoms with Crippen LogP contribution in [0.2, 0.25) is 0 Å². The number of allylic oxidation sites excluding steroid dienone is 3. The maximum Gasteiger partial charge on any atom is -0.00269 e. The van der Waals surface area contributed by atoms with Crippen molar-refractivity contribution in [3.05, 3.63) is 65.4 Å². The standard InChI is InChI=1S/C16H21N/c1-4-5-6-16(12-17)14(3)11-15-9-7-13(2)8-10-15/h4,7-12H,1,5-6,17H2,2-3H3/b14-11+,16-12+. The molecule has 1 nitrogen and oxygen atoms in total. The lowest BCUT2D eigenvalue weighted by molar-refractivity contribution is 0.983. The molecule has 0 spiro atoms. The van der Waals surface area contributed by atoms with Gasteiger partial charge in [-0.05, 0) is 49.6 Å². The number of aryl methyl sites for hydroxylation is 1. The molecule has 0 radical (unpaired) electrons. The average molecular weight is 227 g/mol. The van der Waals surface area contributed by atoms with Crippen LogP contribution in [0.25, 0.3) is 6.08 Å². The molecule has 0 saturated carbocycles. The fourth-order valence-corrected chi connectivity index (χ4v) is 1.67. The van der Waals surface area contributed by atoms with Crippen LogP contribution in [0.5, 0.6) is 0 Å². The SMILES string of the molecule is C=CCCC(=C\N)/C(C)=C/c1ccc(C)cc1. The summed E-state index contributed by atoms with van der Waals surface area (Å²) in [7, 11) is 0. The molecule has 1 aromatic rings. The molecule has 0 aliphatic carbocycles. The van der Waals surface area contributed by atoms with Gasteiger partial charge in [0.25, 0.3) is 0 Å². The van der Waals surface area contributed by atoms with E-state index < -0.39 is 0 Å². The molecule has 0 unspecified atom stereocenters. The molecular formula is C16H21N. The molecule has 1 aromatic carbocycles. The molecule has 0 saturated heterocycles. The van der Waals surface area contributed by atoms with Gasteiger partial charge in [0, 0.05) is 0 Å². The minimum absolute atomic E-state index is 0.953. The molecule has 0 aliphatic rings. The maximum absolute atomic E-state index is 5.66. The molecule has 1 heteroatoms. The predicted molar refractivity (Wildman–Crippen MR) is 76.5 cm³/mol. The molecule has 0 atom stereocenters. The van der Waals surface area contributed by atoms with Crippen LogP contribution in [0.15, 0.2) is 54.3 Å². The number of hydrogen-bond acceptors (Lipinski definition) is 1. The van der Waals surface area contributed by atoms with Gasteiger partial charge in [-0.2, -0.15) is 0 Å².